The Kier molecular flexibility index (Phi) is 6.02. The smallest absolute Gasteiger partial charge is 0.253 e. The van der Waals surface area contributed by atoms with Gasteiger partial charge in [0.05, 0.1) is 6.61 Å². The van der Waals surface area contributed by atoms with Crippen LogP contribution in [0.4, 0.5) is 0 Å². The molecule has 126 valence electrons. The summed E-state index contributed by atoms with van der Waals surface area (Å²) in [5.74, 6) is 1.43. The van der Waals surface area contributed by atoms with Crippen LogP contribution in [0.5, 0.6) is 5.75 Å². The molecule has 0 unspecified atom stereocenters. The molecule has 0 saturated carbocycles. The van der Waals surface area contributed by atoms with Crippen molar-refractivity contribution in [3.8, 4) is 5.75 Å². The standard InChI is InChI=1S/C18H26N2O3/c1-4-17(21)19-9-11-20(12-10-19)18(22)15-5-7-16(8-6-15)23-13-14(2)3/h5-8,14H,4,9-13H2,1-3H3. The topological polar surface area (TPSA) is 49.9 Å². The van der Waals surface area contributed by atoms with E-state index in [9.17, 15) is 9.59 Å². The van der Waals surface area contributed by atoms with Crippen molar-refractivity contribution in [2.45, 2.75) is 27.2 Å². The Morgan fingerprint density at radius 1 is 1.04 bits per heavy atom. The molecular weight excluding hydrogens is 292 g/mol. The fraction of sp³-hybridized carbons (Fsp3) is 0.556. The van der Waals surface area contributed by atoms with E-state index in [-0.39, 0.29) is 11.8 Å². The molecule has 0 spiro atoms. The summed E-state index contributed by atoms with van der Waals surface area (Å²) in [6.45, 7) is 9.15. The molecule has 2 rings (SSSR count). The van der Waals surface area contributed by atoms with E-state index in [2.05, 4.69) is 13.8 Å². The highest BCUT2D eigenvalue weighted by Gasteiger charge is 2.23. The molecule has 5 nitrogen and oxygen atoms in total. The molecule has 1 fully saturated rings. The monoisotopic (exact) mass is 318 g/mol. The highest BCUT2D eigenvalue weighted by molar-refractivity contribution is 5.94. The highest BCUT2D eigenvalue weighted by Crippen LogP contribution is 2.16. The molecular formula is C18H26N2O3. The Morgan fingerprint density at radius 3 is 2.13 bits per heavy atom. The molecule has 1 aliphatic rings. The van der Waals surface area contributed by atoms with Crippen molar-refractivity contribution in [2.75, 3.05) is 32.8 Å². The van der Waals surface area contributed by atoms with E-state index in [1.165, 1.54) is 0 Å². The lowest BCUT2D eigenvalue weighted by molar-refractivity contribution is -0.132. The molecule has 0 atom stereocenters. The van der Waals surface area contributed by atoms with Crippen molar-refractivity contribution >= 4 is 11.8 Å². The van der Waals surface area contributed by atoms with Crippen molar-refractivity contribution < 1.29 is 14.3 Å². The molecule has 5 heteroatoms. The van der Waals surface area contributed by atoms with Crippen LogP contribution in [-0.2, 0) is 4.79 Å². The first-order chi connectivity index (χ1) is 11.0. The molecule has 0 aromatic heterocycles. The molecule has 0 bridgehead atoms. The average Bonchev–Trinajstić information content (AvgIpc) is 2.59. The second-order valence-electron chi connectivity index (χ2n) is 6.26. The van der Waals surface area contributed by atoms with Gasteiger partial charge in [0.2, 0.25) is 5.91 Å². The van der Waals surface area contributed by atoms with Gasteiger partial charge in [0.15, 0.2) is 0 Å². The van der Waals surface area contributed by atoms with Gasteiger partial charge in [0, 0.05) is 38.2 Å². The van der Waals surface area contributed by atoms with Gasteiger partial charge in [0.1, 0.15) is 5.75 Å². The summed E-state index contributed by atoms with van der Waals surface area (Å²) in [5.41, 5.74) is 0.664. The van der Waals surface area contributed by atoms with Gasteiger partial charge in [-0.1, -0.05) is 20.8 Å². The summed E-state index contributed by atoms with van der Waals surface area (Å²) in [7, 11) is 0. The van der Waals surface area contributed by atoms with Gasteiger partial charge < -0.3 is 14.5 Å². The van der Waals surface area contributed by atoms with E-state index in [4.69, 9.17) is 4.74 Å². The van der Waals surface area contributed by atoms with Crippen LogP contribution in [0.15, 0.2) is 24.3 Å². The molecule has 0 aliphatic carbocycles. The average molecular weight is 318 g/mol. The maximum absolute atomic E-state index is 12.5. The summed E-state index contributed by atoms with van der Waals surface area (Å²) in [5, 5.41) is 0. The van der Waals surface area contributed by atoms with E-state index in [0.29, 0.717) is 50.7 Å². The zero-order chi connectivity index (χ0) is 16.8. The minimum absolute atomic E-state index is 0.0176. The SMILES string of the molecule is CCC(=O)N1CCN(C(=O)c2ccc(OCC(C)C)cc2)CC1. The van der Waals surface area contributed by atoms with E-state index >= 15 is 0 Å². The highest BCUT2D eigenvalue weighted by atomic mass is 16.5. The Balaban J connectivity index is 1.90. The fourth-order valence-corrected chi connectivity index (χ4v) is 2.52. The normalized spacial score (nSPS) is 15.0. The number of amides is 2. The van der Waals surface area contributed by atoms with Crippen molar-refractivity contribution in [2.24, 2.45) is 5.92 Å². The van der Waals surface area contributed by atoms with Crippen LogP contribution in [-0.4, -0.2) is 54.4 Å². The minimum atomic E-state index is 0.0176. The van der Waals surface area contributed by atoms with Gasteiger partial charge in [-0.05, 0) is 30.2 Å². The van der Waals surface area contributed by atoms with Crippen LogP contribution in [0.1, 0.15) is 37.6 Å². The molecule has 1 saturated heterocycles. The van der Waals surface area contributed by atoms with Crippen molar-refractivity contribution in [3.63, 3.8) is 0 Å². The lowest BCUT2D eigenvalue weighted by Gasteiger charge is -2.34. The molecule has 23 heavy (non-hydrogen) atoms. The summed E-state index contributed by atoms with van der Waals surface area (Å²) in [6, 6.07) is 7.29. The van der Waals surface area contributed by atoms with E-state index in [1.807, 2.05) is 41.0 Å². The van der Waals surface area contributed by atoms with Crippen molar-refractivity contribution in [1.82, 2.24) is 9.80 Å². The zero-order valence-electron chi connectivity index (χ0n) is 14.2. The Bertz CT molecular complexity index is 532. The number of hydrogen-bond acceptors (Lipinski definition) is 3. The van der Waals surface area contributed by atoms with Crippen molar-refractivity contribution in [3.05, 3.63) is 29.8 Å². The molecule has 0 radical (unpaired) electrons. The fourth-order valence-electron chi connectivity index (χ4n) is 2.52. The maximum atomic E-state index is 12.5. The summed E-state index contributed by atoms with van der Waals surface area (Å²) < 4.78 is 5.63. The number of hydrogen-bond donors (Lipinski definition) is 0. The molecule has 2 amide bonds. The number of benzene rings is 1. The van der Waals surface area contributed by atoms with E-state index in [1.54, 1.807) is 0 Å². The van der Waals surface area contributed by atoms with Crippen LogP contribution in [0.2, 0.25) is 0 Å². The third-order valence-electron chi connectivity index (χ3n) is 3.91. The van der Waals surface area contributed by atoms with E-state index in [0.717, 1.165) is 5.75 Å². The van der Waals surface area contributed by atoms with Gasteiger partial charge in [-0.15, -0.1) is 0 Å². The van der Waals surface area contributed by atoms with E-state index < -0.39 is 0 Å². The van der Waals surface area contributed by atoms with Gasteiger partial charge in [-0.3, -0.25) is 9.59 Å². The predicted molar refractivity (Wildman–Crippen MR) is 89.5 cm³/mol. The van der Waals surface area contributed by atoms with Gasteiger partial charge in [0.25, 0.3) is 5.91 Å². The second-order valence-corrected chi connectivity index (χ2v) is 6.26. The summed E-state index contributed by atoms with van der Waals surface area (Å²) >= 11 is 0. The molecule has 1 aliphatic heterocycles. The molecule has 0 N–H and O–H groups in total. The molecule has 1 aromatic carbocycles. The number of piperazine rings is 1. The maximum Gasteiger partial charge on any atom is 0.253 e. The second kappa shape index (κ2) is 7.99. The number of carbonyl (C=O) groups excluding carboxylic acids is 2. The Labute approximate surface area is 138 Å². The van der Waals surface area contributed by atoms with Gasteiger partial charge >= 0.3 is 0 Å². The van der Waals surface area contributed by atoms with Crippen LogP contribution >= 0.6 is 0 Å². The first-order valence-electron chi connectivity index (χ1n) is 8.31. The first-order valence-corrected chi connectivity index (χ1v) is 8.31. The quantitative estimate of drug-likeness (QED) is 0.838. The number of carbonyl (C=O) groups is 2. The number of rotatable bonds is 5. The zero-order valence-corrected chi connectivity index (χ0v) is 14.2. The molecule has 1 aromatic rings. The van der Waals surface area contributed by atoms with Crippen LogP contribution in [0.25, 0.3) is 0 Å². The van der Waals surface area contributed by atoms with Crippen LogP contribution < -0.4 is 4.74 Å². The predicted octanol–water partition coefficient (Wildman–Crippen LogP) is 2.42. The first kappa shape index (κ1) is 17.3. The Hall–Kier alpha value is -2.04. The van der Waals surface area contributed by atoms with Gasteiger partial charge in [-0.2, -0.15) is 0 Å². The summed E-state index contributed by atoms with van der Waals surface area (Å²) in [6.07, 6.45) is 0.520. The lowest BCUT2D eigenvalue weighted by atomic mass is 10.1. The van der Waals surface area contributed by atoms with Crippen molar-refractivity contribution in [1.29, 1.82) is 0 Å². The number of nitrogens with zero attached hydrogens (tertiary/aromatic N) is 2. The lowest BCUT2D eigenvalue weighted by Crippen LogP contribution is -2.50. The Morgan fingerprint density at radius 2 is 1.61 bits per heavy atom. The molecule has 1 heterocycles. The van der Waals surface area contributed by atoms with Crippen LogP contribution in [0.3, 0.4) is 0 Å². The largest absolute Gasteiger partial charge is 0.493 e. The number of ether oxygens (including phenoxy) is 1. The van der Waals surface area contributed by atoms with Gasteiger partial charge in [-0.25, -0.2) is 0 Å². The third-order valence-corrected chi connectivity index (χ3v) is 3.91. The minimum Gasteiger partial charge on any atom is -0.493 e. The van der Waals surface area contributed by atoms with Crippen LogP contribution in [0, 0.1) is 5.92 Å². The summed E-state index contributed by atoms with van der Waals surface area (Å²) in [4.78, 5) is 27.8. The third kappa shape index (κ3) is 4.71.